The molecule has 1 N–H and O–H groups in total. The van der Waals surface area contributed by atoms with Crippen LogP contribution in [0.15, 0.2) is 0 Å². The number of hydrogen-bond donors (Lipinski definition) is 1. The summed E-state index contributed by atoms with van der Waals surface area (Å²) in [5.41, 5.74) is 2.81. The van der Waals surface area contributed by atoms with Gasteiger partial charge in [-0.05, 0) is 26.3 Å². The molecule has 3 heteroatoms. The van der Waals surface area contributed by atoms with E-state index in [1.807, 2.05) is 13.8 Å². The fourth-order valence-electron chi connectivity index (χ4n) is 1.37. The number of carbonyl (C=O) groups is 1. The van der Waals surface area contributed by atoms with Crippen LogP contribution in [0.5, 0.6) is 0 Å². The van der Waals surface area contributed by atoms with Gasteiger partial charge >= 0.3 is 5.97 Å². The van der Waals surface area contributed by atoms with Gasteiger partial charge in [0.15, 0.2) is 0 Å². The van der Waals surface area contributed by atoms with E-state index in [-0.39, 0.29) is 5.97 Å². The van der Waals surface area contributed by atoms with Crippen LogP contribution in [0.25, 0.3) is 0 Å². The van der Waals surface area contributed by atoms with Gasteiger partial charge < -0.3 is 9.72 Å². The first-order chi connectivity index (χ1) is 6.61. The molecule has 0 aliphatic rings. The van der Waals surface area contributed by atoms with Crippen LogP contribution < -0.4 is 0 Å². The summed E-state index contributed by atoms with van der Waals surface area (Å²) in [6.07, 6.45) is 5.32. The highest BCUT2D eigenvalue weighted by Gasteiger charge is 2.16. The van der Waals surface area contributed by atoms with E-state index in [0.717, 1.165) is 16.8 Å². The normalized spacial score (nSPS) is 9.57. The second-order valence-corrected chi connectivity index (χ2v) is 2.99. The maximum absolute atomic E-state index is 11.4. The summed E-state index contributed by atoms with van der Waals surface area (Å²) in [7, 11) is 0. The van der Waals surface area contributed by atoms with Crippen molar-refractivity contribution in [1.29, 1.82) is 0 Å². The zero-order chi connectivity index (χ0) is 10.7. The summed E-state index contributed by atoms with van der Waals surface area (Å²) >= 11 is 0. The van der Waals surface area contributed by atoms with Crippen molar-refractivity contribution in [2.24, 2.45) is 0 Å². The van der Waals surface area contributed by atoms with Crippen LogP contribution in [-0.4, -0.2) is 17.6 Å². The Balaban J connectivity index is 3.13. The lowest BCUT2D eigenvalue weighted by Crippen LogP contribution is -2.06. The molecule has 1 rings (SSSR count). The molecule has 0 atom stereocenters. The summed E-state index contributed by atoms with van der Waals surface area (Å²) in [6, 6.07) is 0. The minimum absolute atomic E-state index is 0.352. The zero-order valence-electron chi connectivity index (χ0n) is 8.60. The lowest BCUT2D eigenvalue weighted by atomic mass is 10.1. The maximum Gasteiger partial charge on any atom is 0.355 e. The first kappa shape index (κ1) is 10.4. The molecular formula is C11H13NO2. The number of esters is 1. The van der Waals surface area contributed by atoms with Gasteiger partial charge in [0.1, 0.15) is 5.69 Å². The van der Waals surface area contributed by atoms with E-state index in [1.54, 1.807) is 6.92 Å². The van der Waals surface area contributed by atoms with Crippen LogP contribution in [-0.2, 0) is 4.74 Å². The second kappa shape index (κ2) is 4.01. The van der Waals surface area contributed by atoms with Crippen molar-refractivity contribution in [3.05, 3.63) is 22.5 Å². The van der Waals surface area contributed by atoms with E-state index >= 15 is 0 Å². The van der Waals surface area contributed by atoms with Gasteiger partial charge in [-0.25, -0.2) is 4.79 Å². The number of H-pyrrole nitrogens is 1. The Hall–Kier alpha value is -1.69. The molecule has 1 aromatic heterocycles. The molecule has 14 heavy (non-hydrogen) atoms. The standard InChI is InChI=1S/C11H13NO2/c1-5-9-7(3)10(12-8(9)4)11(13)14-6-2/h1,12H,6H2,2-4H3. The number of ether oxygens (including phenoxy) is 1. The molecule has 0 saturated heterocycles. The monoisotopic (exact) mass is 191 g/mol. The molecule has 1 heterocycles. The van der Waals surface area contributed by atoms with Crippen LogP contribution in [0.4, 0.5) is 0 Å². The predicted octanol–water partition coefficient (Wildman–Crippen LogP) is 1.79. The number of aryl methyl sites for hydroxylation is 1. The zero-order valence-corrected chi connectivity index (χ0v) is 8.60. The smallest absolute Gasteiger partial charge is 0.355 e. The van der Waals surface area contributed by atoms with Gasteiger partial charge in [-0.15, -0.1) is 6.42 Å². The first-order valence-electron chi connectivity index (χ1n) is 4.44. The number of aromatic amines is 1. The van der Waals surface area contributed by atoms with E-state index in [4.69, 9.17) is 11.2 Å². The van der Waals surface area contributed by atoms with Crippen molar-refractivity contribution in [2.45, 2.75) is 20.8 Å². The molecule has 0 spiro atoms. The molecule has 74 valence electrons. The molecule has 0 aliphatic heterocycles. The van der Waals surface area contributed by atoms with Crippen LogP contribution in [0.3, 0.4) is 0 Å². The summed E-state index contributed by atoms with van der Waals surface area (Å²) in [5, 5.41) is 0. The van der Waals surface area contributed by atoms with Crippen molar-refractivity contribution in [2.75, 3.05) is 6.61 Å². The minimum Gasteiger partial charge on any atom is -0.461 e. The first-order valence-corrected chi connectivity index (χ1v) is 4.44. The van der Waals surface area contributed by atoms with Gasteiger partial charge in [0.25, 0.3) is 0 Å². The summed E-state index contributed by atoms with van der Waals surface area (Å²) in [5.74, 6) is 2.19. The Bertz CT molecular complexity index is 396. The third-order valence-corrected chi connectivity index (χ3v) is 2.06. The van der Waals surface area contributed by atoms with E-state index < -0.39 is 0 Å². The summed E-state index contributed by atoms with van der Waals surface area (Å²) in [4.78, 5) is 14.4. The minimum atomic E-state index is -0.352. The summed E-state index contributed by atoms with van der Waals surface area (Å²) in [6.45, 7) is 5.78. The van der Waals surface area contributed by atoms with Crippen molar-refractivity contribution in [3.63, 3.8) is 0 Å². The third-order valence-electron chi connectivity index (χ3n) is 2.06. The molecule has 0 radical (unpaired) electrons. The molecular weight excluding hydrogens is 178 g/mol. The average molecular weight is 191 g/mol. The Labute approximate surface area is 83.5 Å². The van der Waals surface area contributed by atoms with Crippen LogP contribution in [0.1, 0.15) is 34.2 Å². The SMILES string of the molecule is C#Cc1c(C)[nH]c(C(=O)OCC)c1C. The fourth-order valence-corrected chi connectivity index (χ4v) is 1.37. The highest BCUT2D eigenvalue weighted by atomic mass is 16.5. The molecule has 0 unspecified atom stereocenters. The van der Waals surface area contributed by atoms with Crippen LogP contribution in [0, 0.1) is 26.2 Å². The van der Waals surface area contributed by atoms with Gasteiger partial charge in [0.05, 0.1) is 6.61 Å². The van der Waals surface area contributed by atoms with Crippen LogP contribution in [0.2, 0.25) is 0 Å². The number of aromatic nitrogens is 1. The van der Waals surface area contributed by atoms with Gasteiger partial charge in [-0.2, -0.15) is 0 Å². The lowest BCUT2D eigenvalue weighted by Gasteiger charge is -1.99. The number of hydrogen-bond acceptors (Lipinski definition) is 2. The highest BCUT2D eigenvalue weighted by molar-refractivity contribution is 5.90. The highest BCUT2D eigenvalue weighted by Crippen LogP contribution is 2.17. The number of terminal acetylenes is 1. The van der Waals surface area contributed by atoms with Gasteiger partial charge in [-0.3, -0.25) is 0 Å². The van der Waals surface area contributed by atoms with Crippen molar-refractivity contribution in [3.8, 4) is 12.3 Å². The van der Waals surface area contributed by atoms with E-state index in [9.17, 15) is 4.79 Å². The van der Waals surface area contributed by atoms with Crippen LogP contribution >= 0.6 is 0 Å². The quantitative estimate of drug-likeness (QED) is 0.572. The van der Waals surface area contributed by atoms with E-state index in [0.29, 0.717) is 12.3 Å². The third kappa shape index (κ3) is 1.64. The molecule has 0 bridgehead atoms. The molecule has 0 aromatic carbocycles. The Kier molecular flexibility index (Phi) is 2.98. The topological polar surface area (TPSA) is 42.1 Å². The Morgan fingerprint density at radius 3 is 2.64 bits per heavy atom. The van der Waals surface area contributed by atoms with Crippen molar-refractivity contribution >= 4 is 5.97 Å². The maximum atomic E-state index is 11.4. The molecule has 0 amide bonds. The Morgan fingerprint density at radius 1 is 1.57 bits per heavy atom. The van der Waals surface area contributed by atoms with Gasteiger partial charge in [0, 0.05) is 11.3 Å². The second-order valence-electron chi connectivity index (χ2n) is 2.99. The molecule has 0 aliphatic carbocycles. The largest absolute Gasteiger partial charge is 0.461 e. The van der Waals surface area contributed by atoms with E-state index in [2.05, 4.69) is 10.9 Å². The average Bonchev–Trinajstić information content (AvgIpc) is 2.42. The van der Waals surface area contributed by atoms with Crippen molar-refractivity contribution in [1.82, 2.24) is 4.98 Å². The van der Waals surface area contributed by atoms with E-state index in [1.165, 1.54) is 0 Å². The number of nitrogens with one attached hydrogen (secondary N) is 1. The van der Waals surface area contributed by atoms with Gasteiger partial charge in [-0.1, -0.05) is 5.92 Å². The number of carbonyl (C=O) groups excluding carboxylic acids is 1. The summed E-state index contributed by atoms with van der Waals surface area (Å²) < 4.78 is 4.88. The van der Waals surface area contributed by atoms with Crippen molar-refractivity contribution < 1.29 is 9.53 Å². The lowest BCUT2D eigenvalue weighted by molar-refractivity contribution is 0.0519. The van der Waals surface area contributed by atoms with Gasteiger partial charge in [0.2, 0.25) is 0 Å². The molecule has 1 aromatic rings. The Morgan fingerprint density at radius 2 is 2.21 bits per heavy atom. The molecule has 0 fully saturated rings. The number of rotatable bonds is 2. The molecule has 3 nitrogen and oxygen atoms in total. The fraction of sp³-hybridized carbons (Fsp3) is 0.364. The predicted molar refractivity (Wildman–Crippen MR) is 54.2 cm³/mol. The molecule has 0 saturated carbocycles.